The Kier molecular flexibility index (Phi) is 6.91. The van der Waals surface area contributed by atoms with Gasteiger partial charge in [0.2, 0.25) is 0 Å². The standard InChI is InChI=1S/C30H28N2O5S/c1-6-37-29(34)25-18(3)31-30-32(27(25)26-21-10-8-7-9-20(21)13-14-22(26)35-4)28(33)24(38-30)16-19-12-11-17(2)23(15-19)36-5/h7-16,27H,6H2,1-5H3/b24-16+/t27-/m1/s1. The first-order chi connectivity index (χ1) is 18.4. The van der Waals surface area contributed by atoms with Crippen molar-refractivity contribution >= 4 is 34.2 Å². The summed E-state index contributed by atoms with van der Waals surface area (Å²) < 4.78 is 18.8. The lowest BCUT2D eigenvalue weighted by atomic mass is 9.90. The number of thiazole rings is 1. The van der Waals surface area contributed by atoms with Crippen LogP contribution in [0, 0.1) is 6.92 Å². The highest BCUT2D eigenvalue weighted by Gasteiger charge is 2.36. The van der Waals surface area contributed by atoms with Gasteiger partial charge in [0.1, 0.15) is 17.5 Å². The Morgan fingerprint density at radius 2 is 1.82 bits per heavy atom. The van der Waals surface area contributed by atoms with Gasteiger partial charge in [0.25, 0.3) is 5.56 Å². The van der Waals surface area contributed by atoms with E-state index < -0.39 is 12.0 Å². The molecular weight excluding hydrogens is 500 g/mol. The van der Waals surface area contributed by atoms with Gasteiger partial charge in [0.15, 0.2) is 4.80 Å². The Balaban J connectivity index is 1.83. The number of fused-ring (bicyclic) bond motifs is 2. The Labute approximate surface area is 223 Å². The van der Waals surface area contributed by atoms with Gasteiger partial charge in [-0.05, 0) is 60.9 Å². The smallest absolute Gasteiger partial charge is 0.338 e. The highest BCUT2D eigenvalue weighted by molar-refractivity contribution is 7.07. The van der Waals surface area contributed by atoms with E-state index in [4.69, 9.17) is 14.2 Å². The van der Waals surface area contributed by atoms with Crippen LogP contribution in [-0.4, -0.2) is 31.4 Å². The molecule has 0 amide bonds. The molecule has 8 heteroatoms. The zero-order valence-electron chi connectivity index (χ0n) is 21.9. The summed E-state index contributed by atoms with van der Waals surface area (Å²) in [6, 6.07) is 16.7. The summed E-state index contributed by atoms with van der Waals surface area (Å²) in [6.45, 7) is 5.70. The summed E-state index contributed by atoms with van der Waals surface area (Å²) in [5, 5.41) is 1.85. The van der Waals surface area contributed by atoms with Gasteiger partial charge in [-0.15, -0.1) is 0 Å². The highest BCUT2D eigenvalue weighted by atomic mass is 32.1. The van der Waals surface area contributed by atoms with E-state index >= 15 is 0 Å². The van der Waals surface area contributed by atoms with Gasteiger partial charge in [0, 0.05) is 5.56 Å². The molecule has 0 aliphatic carbocycles. The maximum absolute atomic E-state index is 14.0. The molecule has 0 radical (unpaired) electrons. The first-order valence-corrected chi connectivity index (χ1v) is 13.1. The number of allylic oxidation sites excluding steroid dienone is 1. The zero-order valence-corrected chi connectivity index (χ0v) is 22.7. The van der Waals surface area contributed by atoms with Crippen LogP contribution in [0.2, 0.25) is 0 Å². The van der Waals surface area contributed by atoms with Crippen molar-refractivity contribution in [2.24, 2.45) is 4.99 Å². The molecule has 7 nitrogen and oxygen atoms in total. The van der Waals surface area contributed by atoms with Crippen molar-refractivity contribution in [2.45, 2.75) is 26.8 Å². The molecule has 0 bridgehead atoms. The van der Waals surface area contributed by atoms with Crippen molar-refractivity contribution in [3.05, 3.63) is 102 Å². The van der Waals surface area contributed by atoms with Gasteiger partial charge in [-0.1, -0.05) is 53.8 Å². The average molecular weight is 529 g/mol. The molecule has 0 N–H and O–H groups in total. The lowest BCUT2D eigenvalue weighted by molar-refractivity contribution is -0.139. The molecule has 1 aliphatic heterocycles. The second-order valence-electron chi connectivity index (χ2n) is 8.93. The Bertz CT molecular complexity index is 1780. The minimum absolute atomic E-state index is 0.203. The summed E-state index contributed by atoms with van der Waals surface area (Å²) in [7, 11) is 3.21. The van der Waals surface area contributed by atoms with Crippen LogP contribution in [0.5, 0.6) is 11.5 Å². The van der Waals surface area contributed by atoms with E-state index in [1.807, 2.05) is 67.6 Å². The van der Waals surface area contributed by atoms with Crippen molar-refractivity contribution in [2.75, 3.05) is 20.8 Å². The van der Waals surface area contributed by atoms with Crippen LogP contribution in [0.4, 0.5) is 0 Å². The van der Waals surface area contributed by atoms with Crippen molar-refractivity contribution in [1.29, 1.82) is 0 Å². The van der Waals surface area contributed by atoms with Crippen LogP contribution in [-0.2, 0) is 9.53 Å². The van der Waals surface area contributed by atoms with Gasteiger partial charge in [-0.2, -0.15) is 0 Å². The summed E-state index contributed by atoms with van der Waals surface area (Å²) in [6.07, 6.45) is 1.83. The lowest BCUT2D eigenvalue weighted by Crippen LogP contribution is -2.40. The monoisotopic (exact) mass is 528 g/mol. The third-order valence-electron chi connectivity index (χ3n) is 6.67. The molecular formula is C30H28N2O5S. The van der Waals surface area contributed by atoms with E-state index in [0.717, 1.165) is 27.6 Å². The van der Waals surface area contributed by atoms with Gasteiger partial charge < -0.3 is 14.2 Å². The molecule has 1 aliphatic rings. The van der Waals surface area contributed by atoms with Crippen LogP contribution >= 0.6 is 11.3 Å². The number of carbonyl (C=O) groups is 1. The molecule has 1 atom stereocenters. The maximum Gasteiger partial charge on any atom is 0.338 e. The molecule has 0 spiro atoms. The largest absolute Gasteiger partial charge is 0.496 e. The molecule has 2 heterocycles. The number of rotatable bonds is 6. The molecule has 1 aromatic heterocycles. The first kappa shape index (κ1) is 25.5. The first-order valence-electron chi connectivity index (χ1n) is 12.3. The van der Waals surface area contributed by atoms with Crippen molar-refractivity contribution in [1.82, 2.24) is 4.57 Å². The van der Waals surface area contributed by atoms with E-state index in [9.17, 15) is 9.59 Å². The van der Waals surface area contributed by atoms with Crippen LogP contribution < -0.4 is 24.4 Å². The summed E-state index contributed by atoms with van der Waals surface area (Å²) in [5.74, 6) is 0.805. The Hall–Kier alpha value is -4.17. The number of aryl methyl sites for hydroxylation is 1. The quantitative estimate of drug-likeness (QED) is 0.349. The maximum atomic E-state index is 14.0. The zero-order chi connectivity index (χ0) is 27.0. The molecule has 0 saturated heterocycles. The second kappa shape index (κ2) is 10.3. The number of nitrogens with zero attached hydrogens (tertiary/aromatic N) is 2. The van der Waals surface area contributed by atoms with Crippen LogP contribution in [0.25, 0.3) is 16.8 Å². The molecule has 0 saturated carbocycles. The van der Waals surface area contributed by atoms with Gasteiger partial charge >= 0.3 is 5.97 Å². The van der Waals surface area contributed by atoms with Crippen LogP contribution in [0.15, 0.2) is 75.7 Å². The number of carbonyl (C=O) groups excluding carboxylic acids is 1. The van der Waals surface area contributed by atoms with Crippen molar-refractivity contribution in [3.63, 3.8) is 0 Å². The number of aromatic nitrogens is 1. The number of esters is 1. The second-order valence-corrected chi connectivity index (χ2v) is 9.94. The van der Waals surface area contributed by atoms with Crippen LogP contribution in [0.1, 0.15) is 36.6 Å². The minimum atomic E-state index is -0.777. The average Bonchev–Trinajstić information content (AvgIpc) is 3.22. The fraction of sp³-hybridized carbons (Fsp3) is 0.233. The predicted molar refractivity (Wildman–Crippen MR) is 149 cm³/mol. The van der Waals surface area contributed by atoms with E-state index in [2.05, 4.69) is 4.99 Å². The number of hydrogen-bond acceptors (Lipinski definition) is 7. The molecule has 38 heavy (non-hydrogen) atoms. The summed E-state index contributed by atoms with van der Waals surface area (Å²) in [5.41, 5.74) is 3.13. The third-order valence-corrected chi connectivity index (χ3v) is 7.65. The number of ether oxygens (including phenoxy) is 3. The topological polar surface area (TPSA) is 79.1 Å². The van der Waals surface area contributed by atoms with E-state index in [-0.39, 0.29) is 12.2 Å². The molecule has 0 unspecified atom stereocenters. The minimum Gasteiger partial charge on any atom is -0.496 e. The molecule has 5 rings (SSSR count). The van der Waals surface area contributed by atoms with E-state index in [1.165, 1.54) is 11.3 Å². The summed E-state index contributed by atoms with van der Waals surface area (Å²) in [4.78, 5) is 32.6. The van der Waals surface area contributed by atoms with Crippen LogP contribution in [0.3, 0.4) is 0 Å². The number of methoxy groups -OCH3 is 2. The van der Waals surface area contributed by atoms with Gasteiger partial charge in [-0.25, -0.2) is 9.79 Å². The lowest BCUT2D eigenvalue weighted by Gasteiger charge is -2.27. The fourth-order valence-corrected chi connectivity index (χ4v) is 5.92. The normalized spacial score (nSPS) is 15.3. The Morgan fingerprint density at radius 1 is 1.05 bits per heavy atom. The SMILES string of the molecule is CCOC(=O)C1=C(C)N=c2s/c(=C/c3ccc(C)c(OC)c3)c(=O)n2[C@H]1c1c(OC)ccc2ccccc12. The predicted octanol–water partition coefficient (Wildman–Crippen LogP) is 4.28. The molecule has 0 fully saturated rings. The van der Waals surface area contributed by atoms with Gasteiger partial charge in [0.05, 0.1) is 36.6 Å². The highest BCUT2D eigenvalue weighted by Crippen LogP contribution is 2.40. The molecule has 4 aromatic rings. The van der Waals surface area contributed by atoms with Gasteiger partial charge in [-0.3, -0.25) is 9.36 Å². The van der Waals surface area contributed by atoms with Crippen molar-refractivity contribution in [3.8, 4) is 11.5 Å². The number of hydrogen-bond donors (Lipinski definition) is 0. The third kappa shape index (κ3) is 4.31. The van der Waals surface area contributed by atoms with E-state index in [0.29, 0.717) is 31.9 Å². The van der Waals surface area contributed by atoms with Crippen molar-refractivity contribution < 1.29 is 19.0 Å². The summed E-state index contributed by atoms with van der Waals surface area (Å²) >= 11 is 1.28. The fourth-order valence-electron chi connectivity index (χ4n) is 4.88. The molecule has 3 aromatic carbocycles. The number of benzene rings is 3. The molecule has 194 valence electrons. The Morgan fingerprint density at radius 3 is 2.55 bits per heavy atom. The van der Waals surface area contributed by atoms with E-state index in [1.54, 1.807) is 32.6 Å².